The van der Waals surface area contributed by atoms with Crippen LogP contribution in [-0.2, 0) is 4.79 Å². The van der Waals surface area contributed by atoms with E-state index in [9.17, 15) is 4.79 Å². The first-order chi connectivity index (χ1) is 7.41. The highest BCUT2D eigenvalue weighted by molar-refractivity contribution is 6.42. The van der Waals surface area contributed by atoms with Gasteiger partial charge >= 0.3 is 0 Å². The quantitative estimate of drug-likeness (QED) is 0.813. The van der Waals surface area contributed by atoms with Crippen molar-refractivity contribution in [2.45, 2.75) is 6.04 Å². The Balaban J connectivity index is 2.83. The summed E-state index contributed by atoms with van der Waals surface area (Å²) in [6.07, 6.45) is 0. The maximum atomic E-state index is 11.6. The monoisotopic (exact) mass is 261 g/mol. The van der Waals surface area contributed by atoms with Gasteiger partial charge < -0.3 is 5.73 Å². The minimum Gasteiger partial charge on any atom is -0.316 e. The van der Waals surface area contributed by atoms with E-state index in [1.807, 2.05) is 0 Å². The van der Waals surface area contributed by atoms with Gasteiger partial charge in [0.1, 0.15) is 6.04 Å². The number of nitrogens with one attached hydrogen (secondary N) is 1. The molecule has 0 radical (unpaired) electrons. The number of benzene rings is 1. The molecule has 0 heterocycles. The molecule has 0 aliphatic rings. The lowest BCUT2D eigenvalue weighted by atomic mass is 10.1. The van der Waals surface area contributed by atoms with Gasteiger partial charge in [-0.1, -0.05) is 29.3 Å². The molecule has 3 N–H and O–H groups in total. The molecular weight excluding hydrogens is 249 g/mol. The van der Waals surface area contributed by atoms with E-state index in [0.717, 1.165) is 0 Å². The van der Waals surface area contributed by atoms with E-state index in [0.29, 0.717) is 15.6 Å². The summed E-state index contributed by atoms with van der Waals surface area (Å²) in [5, 5.41) is 2.35. The Labute approximate surface area is 104 Å². The third-order valence-electron chi connectivity index (χ3n) is 1.92. The van der Waals surface area contributed by atoms with E-state index < -0.39 is 6.04 Å². The minimum atomic E-state index is -0.767. The number of rotatable bonds is 3. The second-order valence-corrected chi connectivity index (χ2v) is 4.34. The van der Waals surface area contributed by atoms with E-state index in [1.54, 1.807) is 32.3 Å². The summed E-state index contributed by atoms with van der Waals surface area (Å²) in [6, 6.07) is 4.11. The fourth-order valence-corrected chi connectivity index (χ4v) is 1.45. The van der Waals surface area contributed by atoms with Gasteiger partial charge in [-0.3, -0.25) is 10.2 Å². The van der Waals surface area contributed by atoms with Crippen LogP contribution in [0.5, 0.6) is 0 Å². The molecule has 0 aliphatic heterocycles. The van der Waals surface area contributed by atoms with Crippen LogP contribution >= 0.6 is 23.2 Å². The fourth-order valence-electron chi connectivity index (χ4n) is 1.15. The predicted octanol–water partition coefficient (Wildman–Crippen LogP) is 1.59. The average molecular weight is 262 g/mol. The lowest BCUT2D eigenvalue weighted by Crippen LogP contribution is -2.41. The first kappa shape index (κ1) is 13.3. The van der Waals surface area contributed by atoms with E-state index in [4.69, 9.17) is 28.9 Å². The number of hydrazine groups is 1. The van der Waals surface area contributed by atoms with Crippen LogP contribution in [0.3, 0.4) is 0 Å². The number of carbonyl (C=O) groups excluding carboxylic acids is 1. The zero-order valence-electron chi connectivity index (χ0n) is 9.00. The number of halogens is 2. The van der Waals surface area contributed by atoms with Crippen molar-refractivity contribution in [2.24, 2.45) is 5.73 Å². The lowest BCUT2D eigenvalue weighted by Gasteiger charge is -2.17. The number of carbonyl (C=O) groups is 1. The molecule has 0 aromatic heterocycles. The predicted molar refractivity (Wildman–Crippen MR) is 65.2 cm³/mol. The van der Waals surface area contributed by atoms with Crippen molar-refractivity contribution in [3.05, 3.63) is 33.8 Å². The van der Waals surface area contributed by atoms with Crippen LogP contribution in [0.4, 0.5) is 0 Å². The first-order valence-corrected chi connectivity index (χ1v) is 5.35. The van der Waals surface area contributed by atoms with Crippen LogP contribution in [0.25, 0.3) is 0 Å². The molecule has 1 aromatic rings. The van der Waals surface area contributed by atoms with Gasteiger partial charge in [0.05, 0.1) is 10.0 Å². The highest BCUT2D eigenvalue weighted by Gasteiger charge is 2.16. The van der Waals surface area contributed by atoms with Gasteiger partial charge in [0.2, 0.25) is 0 Å². The molecule has 0 saturated heterocycles. The molecule has 0 fully saturated rings. The molecule has 1 unspecified atom stereocenters. The van der Waals surface area contributed by atoms with Gasteiger partial charge in [-0.15, -0.1) is 0 Å². The van der Waals surface area contributed by atoms with Gasteiger partial charge in [0.15, 0.2) is 0 Å². The van der Waals surface area contributed by atoms with E-state index in [2.05, 4.69) is 5.43 Å². The molecule has 0 bridgehead atoms. The largest absolute Gasteiger partial charge is 0.316 e. The van der Waals surface area contributed by atoms with Crippen molar-refractivity contribution < 1.29 is 4.79 Å². The smallest absolute Gasteiger partial charge is 0.255 e. The van der Waals surface area contributed by atoms with Gasteiger partial charge in [-0.25, -0.2) is 5.01 Å². The highest BCUT2D eigenvalue weighted by Crippen LogP contribution is 2.24. The summed E-state index contributed by atoms with van der Waals surface area (Å²) in [5.74, 6) is -0.302. The van der Waals surface area contributed by atoms with Crippen molar-refractivity contribution in [1.29, 1.82) is 0 Å². The topological polar surface area (TPSA) is 58.4 Å². The number of hydrogen-bond acceptors (Lipinski definition) is 3. The van der Waals surface area contributed by atoms with Gasteiger partial charge in [0, 0.05) is 14.1 Å². The van der Waals surface area contributed by atoms with Crippen molar-refractivity contribution in [1.82, 2.24) is 10.4 Å². The molecule has 0 aliphatic carbocycles. The van der Waals surface area contributed by atoms with Gasteiger partial charge in [-0.2, -0.15) is 0 Å². The minimum absolute atomic E-state index is 0.302. The Hall–Kier alpha value is -0.810. The van der Waals surface area contributed by atoms with Crippen molar-refractivity contribution in [3.63, 3.8) is 0 Å². The van der Waals surface area contributed by atoms with Gasteiger partial charge in [0.25, 0.3) is 5.91 Å². The van der Waals surface area contributed by atoms with Crippen molar-refractivity contribution in [3.8, 4) is 0 Å². The number of nitrogens with zero attached hydrogens (tertiary/aromatic N) is 1. The first-order valence-electron chi connectivity index (χ1n) is 4.60. The highest BCUT2D eigenvalue weighted by atomic mass is 35.5. The molecule has 1 amide bonds. The SMILES string of the molecule is CN(C)NC(=O)C(N)c1ccc(Cl)c(Cl)c1. The third kappa shape index (κ3) is 3.35. The summed E-state index contributed by atoms with van der Waals surface area (Å²) in [6.45, 7) is 0. The second kappa shape index (κ2) is 5.50. The summed E-state index contributed by atoms with van der Waals surface area (Å²) in [4.78, 5) is 11.6. The molecule has 1 atom stereocenters. The molecule has 4 nitrogen and oxygen atoms in total. The van der Waals surface area contributed by atoms with Crippen LogP contribution in [0.1, 0.15) is 11.6 Å². The van der Waals surface area contributed by atoms with E-state index in [-0.39, 0.29) is 5.91 Å². The summed E-state index contributed by atoms with van der Waals surface area (Å²) in [7, 11) is 3.42. The van der Waals surface area contributed by atoms with Crippen LogP contribution in [0, 0.1) is 0 Å². The Morgan fingerprint density at radius 2 is 2.00 bits per heavy atom. The average Bonchev–Trinajstić information content (AvgIpc) is 2.20. The molecule has 16 heavy (non-hydrogen) atoms. The Bertz CT molecular complexity index is 396. The fraction of sp³-hybridized carbons (Fsp3) is 0.300. The standard InChI is InChI=1S/C10H13Cl2N3O/c1-15(2)14-10(16)9(13)6-3-4-7(11)8(12)5-6/h3-5,9H,13H2,1-2H3,(H,14,16). The summed E-state index contributed by atoms with van der Waals surface area (Å²) < 4.78 is 0. The second-order valence-electron chi connectivity index (χ2n) is 3.52. The summed E-state index contributed by atoms with van der Waals surface area (Å²) >= 11 is 11.6. The van der Waals surface area contributed by atoms with Gasteiger partial charge in [-0.05, 0) is 17.7 Å². The number of hydrogen-bond donors (Lipinski definition) is 2. The molecule has 1 rings (SSSR count). The normalized spacial score (nSPS) is 12.6. The van der Waals surface area contributed by atoms with Crippen LogP contribution in [-0.4, -0.2) is 25.0 Å². The zero-order chi connectivity index (χ0) is 12.3. The molecule has 1 aromatic carbocycles. The van der Waals surface area contributed by atoms with E-state index in [1.165, 1.54) is 5.01 Å². The Kier molecular flexibility index (Phi) is 4.56. The summed E-state index contributed by atoms with van der Waals surface area (Å²) in [5.41, 5.74) is 8.95. The maximum absolute atomic E-state index is 11.6. The maximum Gasteiger partial charge on any atom is 0.255 e. The molecule has 0 saturated carbocycles. The van der Waals surface area contributed by atoms with Crippen molar-refractivity contribution in [2.75, 3.05) is 14.1 Å². The third-order valence-corrected chi connectivity index (χ3v) is 2.66. The molecule has 6 heteroatoms. The number of amides is 1. The van der Waals surface area contributed by atoms with Crippen LogP contribution in [0.2, 0.25) is 10.0 Å². The van der Waals surface area contributed by atoms with Crippen molar-refractivity contribution >= 4 is 29.1 Å². The Morgan fingerprint density at radius 1 is 1.38 bits per heavy atom. The molecular formula is C10H13Cl2N3O. The van der Waals surface area contributed by atoms with Crippen LogP contribution in [0.15, 0.2) is 18.2 Å². The zero-order valence-corrected chi connectivity index (χ0v) is 10.5. The molecule has 0 spiro atoms. The van der Waals surface area contributed by atoms with Crippen LogP contribution < -0.4 is 11.2 Å². The molecule has 88 valence electrons. The lowest BCUT2D eigenvalue weighted by molar-refractivity contribution is -0.126. The Morgan fingerprint density at radius 3 is 2.50 bits per heavy atom. The number of nitrogens with two attached hydrogens (primary N) is 1. The van der Waals surface area contributed by atoms with E-state index >= 15 is 0 Å².